The largest absolute Gasteiger partial charge is 0.382 e. The SMILES string of the molecule is C.C.CCOCCC(CCOCCCN)C(=O)CC(Cc1ccccc1)C(=O)NCC(=O)CCCCOCCOC. The van der Waals surface area contributed by atoms with Gasteiger partial charge in [0, 0.05) is 64.8 Å². The van der Waals surface area contributed by atoms with Gasteiger partial charge < -0.3 is 30.0 Å². The second-order valence-corrected chi connectivity index (χ2v) is 9.60. The molecule has 0 fully saturated rings. The highest BCUT2D eigenvalue weighted by molar-refractivity contribution is 5.90. The third-order valence-electron chi connectivity index (χ3n) is 6.40. The van der Waals surface area contributed by atoms with Crippen LogP contribution in [0.1, 0.15) is 72.3 Å². The highest BCUT2D eigenvalue weighted by atomic mass is 16.5. The summed E-state index contributed by atoms with van der Waals surface area (Å²) in [6, 6.07) is 9.64. The van der Waals surface area contributed by atoms with Gasteiger partial charge in [0.15, 0.2) is 5.78 Å². The Kier molecular flexibility index (Phi) is 28.0. The number of amides is 1. The van der Waals surface area contributed by atoms with Crippen LogP contribution in [0, 0.1) is 11.8 Å². The van der Waals surface area contributed by atoms with Gasteiger partial charge in [-0.15, -0.1) is 0 Å². The first-order valence-electron chi connectivity index (χ1n) is 14.3. The summed E-state index contributed by atoms with van der Waals surface area (Å²) in [6.45, 7) is 6.21. The number of rotatable bonds is 26. The quantitative estimate of drug-likeness (QED) is 0.154. The van der Waals surface area contributed by atoms with Crippen LogP contribution >= 0.6 is 0 Å². The molecular formula is C32H58N2O7. The molecule has 2 atom stereocenters. The van der Waals surface area contributed by atoms with Gasteiger partial charge in [0.05, 0.1) is 19.8 Å². The maximum absolute atomic E-state index is 13.4. The summed E-state index contributed by atoms with van der Waals surface area (Å²) in [4.78, 5) is 38.9. The first kappa shape index (κ1) is 41.0. The van der Waals surface area contributed by atoms with Gasteiger partial charge in [-0.1, -0.05) is 45.2 Å². The lowest BCUT2D eigenvalue weighted by Gasteiger charge is -2.21. The van der Waals surface area contributed by atoms with Gasteiger partial charge in [0.1, 0.15) is 5.78 Å². The van der Waals surface area contributed by atoms with Crippen LogP contribution in [0.4, 0.5) is 0 Å². The van der Waals surface area contributed by atoms with E-state index in [0.717, 1.165) is 18.4 Å². The topological polar surface area (TPSA) is 126 Å². The Labute approximate surface area is 249 Å². The monoisotopic (exact) mass is 582 g/mol. The molecule has 9 nitrogen and oxygen atoms in total. The van der Waals surface area contributed by atoms with Gasteiger partial charge in [0.2, 0.25) is 5.91 Å². The van der Waals surface area contributed by atoms with E-state index in [9.17, 15) is 14.4 Å². The van der Waals surface area contributed by atoms with Crippen LogP contribution in [0.5, 0.6) is 0 Å². The normalized spacial score (nSPS) is 12.1. The van der Waals surface area contributed by atoms with Crippen LogP contribution in [-0.2, 0) is 39.8 Å². The molecule has 1 aromatic carbocycles. The van der Waals surface area contributed by atoms with Gasteiger partial charge in [0.25, 0.3) is 0 Å². The number of carbonyl (C=O) groups is 3. The first-order chi connectivity index (χ1) is 19.0. The zero-order chi connectivity index (χ0) is 28.6. The van der Waals surface area contributed by atoms with E-state index in [-0.39, 0.29) is 51.2 Å². The fraction of sp³-hybridized carbons (Fsp3) is 0.719. The number of Topliss-reactive ketones (excluding diaryl/α,β-unsaturated/α-hetero) is 2. The molecule has 238 valence electrons. The molecule has 0 bridgehead atoms. The van der Waals surface area contributed by atoms with Gasteiger partial charge in [-0.25, -0.2) is 0 Å². The van der Waals surface area contributed by atoms with Gasteiger partial charge in [-0.05, 0) is 57.6 Å². The van der Waals surface area contributed by atoms with Crippen molar-refractivity contribution in [3.8, 4) is 0 Å². The number of benzene rings is 1. The van der Waals surface area contributed by atoms with Crippen LogP contribution in [-0.4, -0.2) is 83.9 Å². The highest BCUT2D eigenvalue weighted by Crippen LogP contribution is 2.20. The molecule has 1 aromatic rings. The molecule has 0 saturated carbocycles. The summed E-state index contributed by atoms with van der Waals surface area (Å²) >= 11 is 0. The number of unbranched alkanes of at least 4 members (excludes halogenated alkanes) is 1. The number of ether oxygens (including phenoxy) is 4. The van der Waals surface area contributed by atoms with Crippen molar-refractivity contribution in [3.63, 3.8) is 0 Å². The zero-order valence-corrected chi connectivity index (χ0v) is 24.0. The number of ketones is 2. The second kappa shape index (κ2) is 28.0. The Bertz CT molecular complexity index is 777. The molecule has 0 aromatic heterocycles. The third-order valence-corrected chi connectivity index (χ3v) is 6.40. The number of nitrogens with one attached hydrogen (secondary N) is 1. The van der Waals surface area contributed by atoms with Crippen molar-refractivity contribution in [2.45, 2.75) is 73.1 Å². The third kappa shape index (κ3) is 21.2. The molecule has 0 spiro atoms. The Morgan fingerprint density at radius 3 is 2.15 bits per heavy atom. The fourth-order valence-corrected chi connectivity index (χ4v) is 4.10. The Hall–Kier alpha value is -2.17. The van der Waals surface area contributed by atoms with Crippen molar-refractivity contribution >= 4 is 17.5 Å². The van der Waals surface area contributed by atoms with Crippen LogP contribution in [0.2, 0.25) is 0 Å². The van der Waals surface area contributed by atoms with E-state index in [4.69, 9.17) is 24.7 Å². The Morgan fingerprint density at radius 1 is 0.829 bits per heavy atom. The van der Waals surface area contributed by atoms with Crippen molar-refractivity contribution in [2.75, 3.05) is 66.4 Å². The van der Waals surface area contributed by atoms with Crippen molar-refractivity contribution in [2.24, 2.45) is 17.6 Å². The average molecular weight is 583 g/mol. The van der Waals surface area contributed by atoms with Crippen molar-refractivity contribution in [1.29, 1.82) is 0 Å². The molecule has 0 radical (unpaired) electrons. The van der Waals surface area contributed by atoms with E-state index in [2.05, 4.69) is 5.32 Å². The highest BCUT2D eigenvalue weighted by Gasteiger charge is 2.27. The smallest absolute Gasteiger partial charge is 0.224 e. The van der Waals surface area contributed by atoms with E-state index in [1.807, 2.05) is 37.3 Å². The standard InChI is InChI=1S/C30H50N2O7.2CH4/c1-3-37-18-13-26(14-19-38-17-9-15-31)29(34)23-27(22-25-10-5-4-6-11-25)30(35)32-24-28(33)12-7-8-16-39-21-20-36-2;;/h4-6,10-11,26-27H,3,7-9,12-24,31H2,1-2H3,(H,32,35);2*1H4. The van der Waals surface area contributed by atoms with E-state index in [1.165, 1.54) is 0 Å². The van der Waals surface area contributed by atoms with Crippen molar-refractivity contribution in [3.05, 3.63) is 35.9 Å². The molecular weight excluding hydrogens is 524 g/mol. The predicted molar refractivity (Wildman–Crippen MR) is 165 cm³/mol. The van der Waals surface area contributed by atoms with E-state index < -0.39 is 5.92 Å². The maximum Gasteiger partial charge on any atom is 0.224 e. The maximum atomic E-state index is 13.4. The minimum Gasteiger partial charge on any atom is -0.382 e. The summed E-state index contributed by atoms with van der Waals surface area (Å²) < 4.78 is 21.5. The summed E-state index contributed by atoms with van der Waals surface area (Å²) in [5.74, 6) is -1.10. The average Bonchev–Trinajstić information content (AvgIpc) is 2.94. The number of nitrogens with two attached hydrogens (primary N) is 1. The molecule has 0 aliphatic rings. The van der Waals surface area contributed by atoms with Crippen molar-refractivity contribution < 1.29 is 33.3 Å². The lowest BCUT2D eigenvalue weighted by Crippen LogP contribution is -2.37. The molecule has 0 heterocycles. The van der Waals surface area contributed by atoms with Crippen molar-refractivity contribution in [1.82, 2.24) is 5.32 Å². The number of methoxy groups -OCH3 is 1. The molecule has 1 amide bonds. The summed E-state index contributed by atoms with van der Waals surface area (Å²) in [5.41, 5.74) is 6.50. The molecule has 2 unspecified atom stereocenters. The lowest BCUT2D eigenvalue weighted by molar-refractivity contribution is -0.132. The Morgan fingerprint density at radius 2 is 1.49 bits per heavy atom. The second-order valence-electron chi connectivity index (χ2n) is 9.60. The lowest BCUT2D eigenvalue weighted by atomic mass is 9.86. The zero-order valence-electron chi connectivity index (χ0n) is 24.0. The minimum atomic E-state index is -0.561. The molecule has 3 N–H and O–H groups in total. The molecule has 0 aliphatic carbocycles. The molecule has 1 rings (SSSR count). The van der Waals surface area contributed by atoms with E-state index >= 15 is 0 Å². The predicted octanol–water partition coefficient (Wildman–Crippen LogP) is 4.39. The fourth-order valence-electron chi connectivity index (χ4n) is 4.10. The Balaban J connectivity index is 0. The van der Waals surface area contributed by atoms with Crippen LogP contribution in [0.3, 0.4) is 0 Å². The number of hydrogen-bond acceptors (Lipinski definition) is 8. The van der Waals surface area contributed by atoms with Crippen LogP contribution < -0.4 is 11.1 Å². The molecule has 0 aliphatic heterocycles. The number of carbonyl (C=O) groups excluding carboxylic acids is 3. The van der Waals surface area contributed by atoms with Crippen LogP contribution in [0.15, 0.2) is 30.3 Å². The first-order valence-corrected chi connectivity index (χ1v) is 14.3. The van der Waals surface area contributed by atoms with Gasteiger partial charge in [-0.3, -0.25) is 14.4 Å². The summed E-state index contributed by atoms with van der Waals surface area (Å²) in [7, 11) is 1.62. The van der Waals surface area contributed by atoms with Gasteiger partial charge in [-0.2, -0.15) is 0 Å². The molecule has 0 saturated heterocycles. The van der Waals surface area contributed by atoms with E-state index in [0.29, 0.717) is 84.9 Å². The summed E-state index contributed by atoms with van der Waals surface area (Å²) in [6.07, 6.45) is 4.31. The molecule has 41 heavy (non-hydrogen) atoms. The molecule has 9 heteroatoms. The van der Waals surface area contributed by atoms with E-state index in [1.54, 1.807) is 7.11 Å². The minimum absolute atomic E-state index is 0. The number of hydrogen-bond donors (Lipinski definition) is 2. The summed E-state index contributed by atoms with van der Waals surface area (Å²) in [5, 5.41) is 2.78. The van der Waals surface area contributed by atoms with Crippen LogP contribution in [0.25, 0.3) is 0 Å². The van der Waals surface area contributed by atoms with Gasteiger partial charge >= 0.3 is 0 Å².